The Morgan fingerprint density at radius 2 is 1.88 bits per heavy atom. The molecule has 0 atom stereocenters. The molecule has 0 aliphatic rings. The van der Waals surface area contributed by atoms with Gasteiger partial charge in [-0.15, -0.1) is 0 Å². The van der Waals surface area contributed by atoms with E-state index in [4.69, 9.17) is 0 Å². The van der Waals surface area contributed by atoms with E-state index in [-0.39, 0.29) is 27.9 Å². The lowest BCUT2D eigenvalue weighted by atomic mass is 10.3. The Morgan fingerprint density at radius 3 is 2.46 bits per heavy atom. The number of hydrogen-bond donors (Lipinski definition) is 1. The van der Waals surface area contributed by atoms with Gasteiger partial charge in [-0.25, -0.2) is 4.68 Å². The summed E-state index contributed by atoms with van der Waals surface area (Å²) in [5.74, 6) is -0.545. The number of rotatable bonds is 5. The average molecular weight is 357 g/mol. The van der Waals surface area contributed by atoms with Gasteiger partial charge in [-0.05, 0) is 48.5 Å². The number of amides is 1. The topological polar surface area (TPSA) is 64.0 Å². The van der Waals surface area contributed by atoms with Gasteiger partial charge in [-0.3, -0.25) is 9.59 Å². The Labute approximate surface area is 139 Å². The number of aryl methyl sites for hydroxylation is 1. The summed E-state index contributed by atoms with van der Waals surface area (Å²) in [4.78, 5) is 23.7. The molecule has 1 amide bonds. The van der Waals surface area contributed by atoms with Crippen LogP contribution in [0.25, 0.3) is 0 Å². The van der Waals surface area contributed by atoms with Crippen LogP contribution in [0.15, 0.2) is 46.1 Å². The van der Waals surface area contributed by atoms with Gasteiger partial charge < -0.3 is 5.32 Å². The van der Waals surface area contributed by atoms with Crippen molar-refractivity contribution in [1.29, 1.82) is 0 Å². The van der Waals surface area contributed by atoms with Crippen LogP contribution in [0.1, 0.15) is 23.8 Å². The number of nitrogens with zero attached hydrogens (tertiary/aromatic N) is 2. The van der Waals surface area contributed by atoms with Crippen LogP contribution in [0.3, 0.4) is 0 Å². The highest BCUT2D eigenvalue weighted by atomic mass is 32.2. The molecule has 2 aromatic rings. The molecule has 1 N–H and O–H groups in total. The number of hydrogen-bond acceptors (Lipinski definition) is 4. The number of benzene rings is 1. The Morgan fingerprint density at radius 1 is 1.21 bits per heavy atom. The van der Waals surface area contributed by atoms with Crippen molar-refractivity contribution in [2.24, 2.45) is 0 Å². The van der Waals surface area contributed by atoms with Crippen molar-refractivity contribution in [3.63, 3.8) is 0 Å². The smallest absolute Gasteiger partial charge is 0.321 e. The second-order valence-corrected chi connectivity index (χ2v) is 5.94. The Balaban J connectivity index is 2.09. The fourth-order valence-electron chi connectivity index (χ4n) is 1.88. The first-order valence-corrected chi connectivity index (χ1v) is 7.85. The first-order valence-electron chi connectivity index (χ1n) is 7.04. The van der Waals surface area contributed by atoms with Gasteiger partial charge in [-0.2, -0.15) is 18.3 Å². The Kier molecular flexibility index (Phi) is 5.66. The van der Waals surface area contributed by atoms with Crippen LogP contribution in [-0.2, 0) is 6.54 Å². The summed E-state index contributed by atoms with van der Waals surface area (Å²) in [5.41, 5.74) is -4.28. The van der Waals surface area contributed by atoms with Crippen molar-refractivity contribution >= 4 is 23.4 Å². The van der Waals surface area contributed by atoms with Crippen LogP contribution in [0.5, 0.6) is 0 Å². The van der Waals surface area contributed by atoms with Crippen molar-refractivity contribution in [1.82, 2.24) is 9.78 Å². The van der Waals surface area contributed by atoms with E-state index in [0.717, 1.165) is 0 Å². The zero-order valence-electron chi connectivity index (χ0n) is 12.6. The quantitative estimate of drug-likeness (QED) is 0.832. The number of thioether (sulfide) groups is 1. The van der Waals surface area contributed by atoms with E-state index in [9.17, 15) is 22.8 Å². The predicted octanol–water partition coefficient (Wildman–Crippen LogP) is 3.52. The first-order chi connectivity index (χ1) is 11.3. The molecule has 0 bridgehead atoms. The summed E-state index contributed by atoms with van der Waals surface area (Å²) in [6, 6.07) is 7.82. The van der Waals surface area contributed by atoms with Crippen molar-refractivity contribution in [3.8, 4) is 0 Å². The Bertz CT molecular complexity index is 773. The molecular weight excluding hydrogens is 343 g/mol. The SMILES string of the molecule is CCCn1nc(C(=O)Nc2ccc(SC(F)(F)F)cc2)ccc1=O. The normalized spacial score (nSPS) is 11.3. The molecule has 0 saturated heterocycles. The minimum Gasteiger partial charge on any atom is -0.321 e. The van der Waals surface area contributed by atoms with Crippen LogP contribution >= 0.6 is 11.8 Å². The van der Waals surface area contributed by atoms with Gasteiger partial charge in [0.05, 0.1) is 0 Å². The highest BCUT2D eigenvalue weighted by Gasteiger charge is 2.29. The van der Waals surface area contributed by atoms with E-state index in [1.165, 1.54) is 41.1 Å². The molecule has 0 aliphatic carbocycles. The number of aromatic nitrogens is 2. The third-order valence-corrected chi connectivity index (χ3v) is 3.62. The molecule has 128 valence electrons. The second kappa shape index (κ2) is 7.52. The third-order valence-electron chi connectivity index (χ3n) is 2.88. The molecule has 1 heterocycles. The van der Waals surface area contributed by atoms with E-state index in [0.29, 0.717) is 18.7 Å². The fourth-order valence-corrected chi connectivity index (χ4v) is 2.42. The van der Waals surface area contributed by atoms with E-state index < -0.39 is 11.4 Å². The molecule has 9 heteroatoms. The van der Waals surface area contributed by atoms with Crippen LogP contribution in [0.2, 0.25) is 0 Å². The maximum absolute atomic E-state index is 12.3. The molecule has 1 aromatic carbocycles. The van der Waals surface area contributed by atoms with Crippen LogP contribution in [-0.4, -0.2) is 21.2 Å². The summed E-state index contributed by atoms with van der Waals surface area (Å²) < 4.78 is 38.0. The summed E-state index contributed by atoms with van der Waals surface area (Å²) in [6.45, 7) is 2.27. The maximum atomic E-state index is 12.3. The molecule has 5 nitrogen and oxygen atoms in total. The Hall–Kier alpha value is -2.29. The molecule has 0 aliphatic heterocycles. The number of alkyl halides is 3. The maximum Gasteiger partial charge on any atom is 0.446 e. The van der Waals surface area contributed by atoms with Gasteiger partial charge in [0.2, 0.25) is 0 Å². The molecule has 1 aromatic heterocycles. The average Bonchev–Trinajstić information content (AvgIpc) is 2.50. The highest BCUT2D eigenvalue weighted by molar-refractivity contribution is 8.00. The number of carbonyl (C=O) groups excluding carboxylic acids is 1. The first kappa shape index (κ1) is 18.1. The van der Waals surface area contributed by atoms with Crippen LogP contribution in [0.4, 0.5) is 18.9 Å². The van der Waals surface area contributed by atoms with Crippen LogP contribution in [0, 0.1) is 0 Å². The van der Waals surface area contributed by atoms with Gasteiger partial charge in [0.25, 0.3) is 11.5 Å². The zero-order valence-corrected chi connectivity index (χ0v) is 13.4. The summed E-state index contributed by atoms with van der Waals surface area (Å²) in [7, 11) is 0. The summed E-state index contributed by atoms with van der Waals surface area (Å²) >= 11 is -0.229. The van der Waals surface area contributed by atoms with Crippen molar-refractivity contribution in [2.45, 2.75) is 30.3 Å². The standard InChI is InChI=1S/C15H14F3N3O2S/c1-2-9-21-13(22)8-7-12(20-21)14(23)19-10-3-5-11(6-4-10)24-15(16,17)18/h3-8H,2,9H2,1H3,(H,19,23). The van der Waals surface area contributed by atoms with Gasteiger partial charge in [0.15, 0.2) is 0 Å². The van der Waals surface area contributed by atoms with Crippen molar-refractivity contribution < 1.29 is 18.0 Å². The number of carbonyl (C=O) groups is 1. The number of anilines is 1. The monoisotopic (exact) mass is 357 g/mol. The highest BCUT2D eigenvalue weighted by Crippen LogP contribution is 2.37. The van der Waals surface area contributed by atoms with Crippen LogP contribution < -0.4 is 10.9 Å². The van der Waals surface area contributed by atoms with E-state index >= 15 is 0 Å². The second-order valence-electron chi connectivity index (χ2n) is 4.81. The molecule has 24 heavy (non-hydrogen) atoms. The molecule has 0 radical (unpaired) electrons. The van der Waals surface area contributed by atoms with E-state index in [2.05, 4.69) is 10.4 Å². The summed E-state index contributed by atoms with van der Waals surface area (Å²) in [5, 5.41) is 6.49. The van der Waals surface area contributed by atoms with Gasteiger partial charge in [0.1, 0.15) is 5.69 Å². The molecule has 0 spiro atoms. The lowest BCUT2D eigenvalue weighted by Crippen LogP contribution is -2.26. The zero-order chi connectivity index (χ0) is 17.7. The number of nitrogens with one attached hydrogen (secondary N) is 1. The minimum atomic E-state index is -4.36. The molecule has 2 rings (SSSR count). The van der Waals surface area contributed by atoms with E-state index in [1.807, 2.05) is 6.92 Å². The largest absolute Gasteiger partial charge is 0.446 e. The molecule has 0 unspecified atom stereocenters. The van der Waals surface area contributed by atoms with Gasteiger partial charge in [0, 0.05) is 23.2 Å². The summed E-state index contributed by atoms with van der Waals surface area (Å²) in [6.07, 6.45) is 0.691. The molecule has 0 saturated carbocycles. The lowest BCUT2D eigenvalue weighted by Gasteiger charge is -2.08. The van der Waals surface area contributed by atoms with Crippen molar-refractivity contribution in [2.75, 3.05) is 5.32 Å². The minimum absolute atomic E-state index is 0.0233. The van der Waals surface area contributed by atoms with Crippen molar-refractivity contribution in [3.05, 3.63) is 52.4 Å². The lowest BCUT2D eigenvalue weighted by molar-refractivity contribution is -0.0328. The molecular formula is C15H14F3N3O2S. The van der Waals surface area contributed by atoms with E-state index in [1.54, 1.807) is 0 Å². The van der Waals surface area contributed by atoms with Gasteiger partial charge >= 0.3 is 5.51 Å². The predicted molar refractivity (Wildman–Crippen MR) is 85.1 cm³/mol. The number of halogens is 3. The molecule has 0 fully saturated rings. The van der Waals surface area contributed by atoms with Gasteiger partial charge in [-0.1, -0.05) is 6.92 Å². The fraction of sp³-hybridized carbons (Fsp3) is 0.267. The third kappa shape index (κ3) is 5.12.